The summed E-state index contributed by atoms with van der Waals surface area (Å²) in [4.78, 5) is 49.1. The summed E-state index contributed by atoms with van der Waals surface area (Å²) < 4.78 is 0. The summed E-state index contributed by atoms with van der Waals surface area (Å²) in [6, 6.07) is 32.4. The van der Waals surface area contributed by atoms with Gasteiger partial charge in [-0.2, -0.15) is 0 Å². The molecule has 0 bridgehead atoms. The lowest BCUT2D eigenvalue weighted by molar-refractivity contribution is -0.139. The van der Waals surface area contributed by atoms with E-state index in [4.69, 9.17) is 11.6 Å². The standard InChI is InChI=1S/C43H46ClN5O5/c1-31(10-8-17-39(51)46(24-25-50)28-32-11-4-2-5-12-32)43(54)37-27-34(44)18-19-38(37)47(41(43)53)29-33-13-9-16-36(26-33)48-30-49(35-14-6-3-7-15-35)42(40(48)52)20-22-45-23-21-42/h2-16,18-19,26-27,31,45,50,54H,17,20-25,28-30H2,1H3/b10-8+/t31-,43+/m1/s1. The summed E-state index contributed by atoms with van der Waals surface area (Å²) in [7, 11) is 0. The molecule has 2 atom stereocenters. The molecule has 3 heterocycles. The van der Waals surface area contributed by atoms with Crippen LogP contribution in [0, 0.1) is 5.92 Å². The van der Waals surface area contributed by atoms with Gasteiger partial charge in [0.05, 0.1) is 25.5 Å². The van der Waals surface area contributed by atoms with Gasteiger partial charge < -0.3 is 30.2 Å². The highest BCUT2D eigenvalue weighted by atomic mass is 35.5. The lowest BCUT2D eigenvalue weighted by Gasteiger charge is -2.39. The summed E-state index contributed by atoms with van der Waals surface area (Å²) in [5.41, 5.74) is 1.87. The topological polar surface area (TPSA) is 117 Å². The fourth-order valence-corrected chi connectivity index (χ4v) is 8.28. The quantitative estimate of drug-likeness (QED) is 0.162. The van der Waals surface area contributed by atoms with Crippen LogP contribution in [0.4, 0.5) is 17.1 Å². The van der Waals surface area contributed by atoms with Crippen molar-refractivity contribution in [1.29, 1.82) is 0 Å². The van der Waals surface area contributed by atoms with Gasteiger partial charge in [0.2, 0.25) is 5.91 Å². The molecule has 4 aromatic rings. The molecule has 3 amide bonds. The van der Waals surface area contributed by atoms with E-state index in [1.54, 1.807) is 47.1 Å². The Morgan fingerprint density at radius 2 is 1.59 bits per heavy atom. The number of aliphatic hydroxyl groups is 2. The van der Waals surface area contributed by atoms with Crippen molar-refractivity contribution in [2.45, 2.75) is 50.4 Å². The summed E-state index contributed by atoms with van der Waals surface area (Å²) in [6.07, 6.45) is 4.80. The molecule has 3 aliphatic heterocycles. The van der Waals surface area contributed by atoms with Gasteiger partial charge in [0.1, 0.15) is 5.54 Å². The van der Waals surface area contributed by atoms with Crippen molar-refractivity contribution in [3.63, 3.8) is 0 Å². The first kappa shape index (κ1) is 37.3. The molecule has 0 saturated carbocycles. The Morgan fingerprint density at radius 1 is 0.907 bits per heavy atom. The molecular weight excluding hydrogens is 702 g/mol. The van der Waals surface area contributed by atoms with E-state index in [0.29, 0.717) is 42.3 Å². The molecule has 7 rings (SSSR count). The zero-order valence-corrected chi connectivity index (χ0v) is 31.2. The first-order valence-corrected chi connectivity index (χ1v) is 18.9. The molecule has 2 fully saturated rings. The Morgan fingerprint density at radius 3 is 2.31 bits per heavy atom. The summed E-state index contributed by atoms with van der Waals surface area (Å²) in [5.74, 6) is -1.32. The highest BCUT2D eigenvalue weighted by molar-refractivity contribution is 6.31. The van der Waals surface area contributed by atoms with E-state index in [-0.39, 0.29) is 37.9 Å². The van der Waals surface area contributed by atoms with Crippen molar-refractivity contribution >= 4 is 46.4 Å². The van der Waals surface area contributed by atoms with Crippen molar-refractivity contribution in [3.05, 3.63) is 137 Å². The zero-order valence-electron chi connectivity index (χ0n) is 30.4. The maximum absolute atomic E-state index is 14.3. The Hall–Kier alpha value is -5.00. The minimum Gasteiger partial charge on any atom is -0.395 e. The second-order valence-electron chi connectivity index (χ2n) is 14.4. The normalized spacial score (nSPS) is 19.9. The third kappa shape index (κ3) is 7.02. The minimum absolute atomic E-state index is 0.0368. The van der Waals surface area contributed by atoms with Crippen molar-refractivity contribution in [2.75, 3.05) is 47.6 Å². The number of halogens is 1. The number of nitrogens with zero attached hydrogens (tertiary/aromatic N) is 4. The number of piperidine rings is 1. The minimum atomic E-state index is -1.94. The largest absolute Gasteiger partial charge is 0.395 e. The molecule has 280 valence electrons. The van der Waals surface area contributed by atoms with Gasteiger partial charge in [0.25, 0.3) is 11.8 Å². The number of hydrogen-bond donors (Lipinski definition) is 3. The zero-order chi connectivity index (χ0) is 37.9. The third-order valence-electron chi connectivity index (χ3n) is 11.1. The summed E-state index contributed by atoms with van der Waals surface area (Å²) in [6.45, 7) is 4.22. The van der Waals surface area contributed by atoms with Crippen LogP contribution >= 0.6 is 11.6 Å². The van der Waals surface area contributed by atoms with E-state index in [1.807, 2.05) is 89.8 Å². The molecule has 0 radical (unpaired) electrons. The third-order valence-corrected chi connectivity index (χ3v) is 11.3. The number of hydrogen-bond acceptors (Lipinski definition) is 7. The van der Waals surface area contributed by atoms with Crippen LogP contribution in [0.5, 0.6) is 0 Å². The van der Waals surface area contributed by atoms with Gasteiger partial charge in [-0.25, -0.2) is 0 Å². The number of amides is 3. The number of carbonyl (C=O) groups excluding carboxylic acids is 3. The van der Waals surface area contributed by atoms with Crippen LogP contribution < -0.4 is 20.0 Å². The van der Waals surface area contributed by atoms with Gasteiger partial charge in [-0.05, 0) is 79.5 Å². The molecule has 54 heavy (non-hydrogen) atoms. The number of rotatable bonds is 12. The van der Waals surface area contributed by atoms with Crippen LogP contribution in [0.15, 0.2) is 115 Å². The average Bonchev–Trinajstić information content (AvgIpc) is 3.58. The summed E-state index contributed by atoms with van der Waals surface area (Å²) in [5, 5.41) is 25.6. The number of anilines is 3. The molecule has 3 N–H and O–H groups in total. The van der Waals surface area contributed by atoms with Crippen LogP contribution in [0.3, 0.4) is 0 Å². The fraction of sp³-hybridized carbons (Fsp3) is 0.326. The number of nitrogens with one attached hydrogen (secondary N) is 1. The smallest absolute Gasteiger partial charge is 0.264 e. The Bertz CT molecular complexity index is 2020. The van der Waals surface area contributed by atoms with Crippen LogP contribution in [0.1, 0.15) is 42.9 Å². The first-order valence-electron chi connectivity index (χ1n) is 18.5. The van der Waals surface area contributed by atoms with Gasteiger partial charge in [-0.15, -0.1) is 0 Å². The lowest BCUT2D eigenvalue weighted by atomic mass is 9.83. The van der Waals surface area contributed by atoms with Crippen LogP contribution in [-0.2, 0) is 33.1 Å². The van der Waals surface area contributed by atoms with E-state index in [1.165, 1.54) is 0 Å². The van der Waals surface area contributed by atoms with Crippen LogP contribution in [-0.4, -0.2) is 71.3 Å². The number of benzene rings is 4. The second kappa shape index (κ2) is 15.8. The molecular formula is C43H46ClN5O5. The van der Waals surface area contributed by atoms with E-state index >= 15 is 0 Å². The number of para-hydroxylation sites is 1. The molecule has 11 heteroatoms. The maximum atomic E-state index is 14.3. The average molecular weight is 748 g/mol. The van der Waals surface area contributed by atoms with E-state index in [9.17, 15) is 24.6 Å². The van der Waals surface area contributed by atoms with Gasteiger partial charge in [0.15, 0.2) is 5.60 Å². The molecule has 10 nitrogen and oxygen atoms in total. The van der Waals surface area contributed by atoms with Gasteiger partial charge in [0, 0.05) is 47.4 Å². The van der Waals surface area contributed by atoms with Crippen LogP contribution in [0.2, 0.25) is 5.02 Å². The number of aliphatic hydroxyl groups excluding tert-OH is 1. The van der Waals surface area contributed by atoms with Gasteiger partial charge in [-0.3, -0.25) is 19.3 Å². The van der Waals surface area contributed by atoms with E-state index in [2.05, 4.69) is 10.2 Å². The highest BCUT2D eigenvalue weighted by Gasteiger charge is 2.54. The molecule has 0 aliphatic carbocycles. The molecule has 1 spiro atoms. The van der Waals surface area contributed by atoms with Crippen LogP contribution in [0.25, 0.3) is 0 Å². The maximum Gasteiger partial charge on any atom is 0.264 e. The fourth-order valence-electron chi connectivity index (χ4n) is 8.11. The van der Waals surface area contributed by atoms with Crippen molar-refractivity contribution in [1.82, 2.24) is 10.2 Å². The Labute approximate surface area is 321 Å². The highest BCUT2D eigenvalue weighted by Crippen LogP contribution is 2.47. The van der Waals surface area contributed by atoms with Gasteiger partial charge in [-0.1, -0.05) is 91.3 Å². The van der Waals surface area contributed by atoms with Crippen molar-refractivity contribution in [2.24, 2.45) is 5.92 Å². The van der Waals surface area contributed by atoms with Crippen molar-refractivity contribution < 1.29 is 24.6 Å². The predicted octanol–water partition coefficient (Wildman–Crippen LogP) is 5.61. The predicted molar refractivity (Wildman–Crippen MR) is 211 cm³/mol. The molecule has 0 aromatic heterocycles. The monoisotopic (exact) mass is 747 g/mol. The van der Waals surface area contributed by atoms with Gasteiger partial charge >= 0.3 is 0 Å². The molecule has 0 unspecified atom stereocenters. The molecule has 4 aromatic carbocycles. The summed E-state index contributed by atoms with van der Waals surface area (Å²) >= 11 is 6.44. The lowest BCUT2D eigenvalue weighted by Crippen LogP contribution is -2.55. The van der Waals surface area contributed by atoms with Crippen molar-refractivity contribution in [3.8, 4) is 0 Å². The molecule has 3 aliphatic rings. The Kier molecular flexibility index (Phi) is 10.9. The SMILES string of the molecule is C[C@H](/C=C/CC(=O)N(CCO)Cc1ccccc1)[C@@]1(O)C(=O)N(Cc2cccc(N3CN(c4ccccc4)C4(CCNCC4)C3=O)c2)c2ccc(Cl)cc21. The van der Waals surface area contributed by atoms with E-state index < -0.39 is 23.0 Å². The number of carbonyl (C=O) groups is 3. The second-order valence-corrected chi connectivity index (χ2v) is 14.8. The number of fused-ring (bicyclic) bond motifs is 1. The Balaban J connectivity index is 1.10. The van der Waals surface area contributed by atoms with E-state index in [0.717, 1.165) is 35.6 Å². The first-order chi connectivity index (χ1) is 26.2. The molecule has 2 saturated heterocycles.